The molecule has 2 rings (SSSR count). The first-order valence-corrected chi connectivity index (χ1v) is 8.19. The van der Waals surface area contributed by atoms with Crippen molar-refractivity contribution in [2.75, 3.05) is 24.0 Å². The standard InChI is InChI=1S/C9H15NO5S2/c11-9(12)8-4-16-6-10(8)17(13,14)5-7-2-1-3-15-7/h7-8H,1-6H2,(H,11,12)/t7?,8-/m0/s1. The number of aliphatic carboxylic acids is 1. The molecule has 0 saturated carbocycles. The van der Waals surface area contributed by atoms with Gasteiger partial charge in [-0.1, -0.05) is 0 Å². The summed E-state index contributed by atoms with van der Waals surface area (Å²) in [7, 11) is -3.53. The first-order valence-electron chi connectivity index (χ1n) is 5.42. The number of ether oxygens (including phenoxy) is 1. The number of nitrogens with zero attached hydrogens (tertiary/aromatic N) is 1. The fraction of sp³-hybridized carbons (Fsp3) is 0.889. The van der Waals surface area contributed by atoms with E-state index in [-0.39, 0.29) is 17.7 Å². The summed E-state index contributed by atoms with van der Waals surface area (Å²) >= 11 is 1.33. The maximum Gasteiger partial charge on any atom is 0.322 e. The van der Waals surface area contributed by atoms with Crippen LogP contribution in [0.1, 0.15) is 12.8 Å². The highest BCUT2D eigenvalue weighted by Crippen LogP contribution is 2.26. The van der Waals surface area contributed by atoms with Gasteiger partial charge in [0.1, 0.15) is 6.04 Å². The first-order chi connectivity index (χ1) is 8.00. The third kappa shape index (κ3) is 2.93. The number of thioether (sulfide) groups is 1. The van der Waals surface area contributed by atoms with E-state index in [1.165, 1.54) is 11.8 Å². The van der Waals surface area contributed by atoms with Gasteiger partial charge in [0.25, 0.3) is 0 Å². The molecule has 0 amide bonds. The molecule has 2 fully saturated rings. The molecular formula is C9H15NO5S2. The van der Waals surface area contributed by atoms with Gasteiger partial charge in [-0.15, -0.1) is 11.8 Å². The predicted octanol–water partition coefficient (Wildman–Crippen LogP) is -0.0453. The van der Waals surface area contributed by atoms with Crippen LogP contribution >= 0.6 is 11.8 Å². The highest BCUT2D eigenvalue weighted by molar-refractivity contribution is 8.00. The molecule has 0 bridgehead atoms. The van der Waals surface area contributed by atoms with Crippen molar-refractivity contribution in [1.29, 1.82) is 0 Å². The van der Waals surface area contributed by atoms with Crippen molar-refractivity contribution in [3.05, 3.63) is 0 Å². The van der Waals surface area contributed by atoms with Gasteiger partial charge in [-0.05, 0) is 12.8 Å². The number of rotatable bonds is 4. The molecule has 0 spiro atoms. The second-order valence-corrected chi connectivity index (χ2v) is 7.12. The number of carboxylic acid groups (broad SMARTS) is 1. The Bertz CT molecular complexity index is 390. The van der Waals surface area contributed by atoms with E-state index in [1.807, 2.05) is 0 Å². The molecule has 2 aliphatic heterocycles. The normalized spacial score (nSPS) is 30.8. The van der Waals surface area contributed by atoms with Crippen LogP contribution < -0.4 is 0 Å². The van der Waals surface area contributed by atoms with Crippen molar-refractivity contribution in [3.63, 3.8) is 0 Å². The van der Waals surface area contributed by atoms with Crippen molar-refractivity contribution < 1.29 is 23.1 Å². The third-order valence-electron chi connectivity index (χ3n) is 2.90. The lowest BCUT2D eigenvalue weighted by Crippen LogP contribution is -2.44. The van der Waals surface area contributed by atoms with Gasteiger partial charge in [-0.2, -0.15) is 4.31 Å². The van der Waals surface area contributed by atoms with E-state index in [4.69, 9.17) is 9.84 Å². The second kappa shape index (κ2) is 5.13. The SMILES string of the molecule is O=C(O)[C@@H]1CSCN1S(=O)(=O)CC1CCCO1. The van der Waals surface area contributed by atoms with Crippen LogP contribution in [-0.4, -0.2) is 59.9 Å². The average Bonchev–Trinajstić information content (AvgIpc) is 2.84. The topological polar surface area (TPSA) is 83.9 Å². The second-order valence-electron chi connectivity index (χ2n) is 4.15. The van der Waals surface area contributed by atoms with Gasteiger partial charge in [-0.25, -0.2) is 8.42 Å². The van der Waals surface area contributed by atoms with E-state index >= 15 is 0 Å². The zero-order valence-corrected chi connectivity index (χ0v) is 10.9. The molecule has 6 nitrogen and oxygen atoms in total. The van der Waals surface area contributed by atoms with Gasteiger partial charge in [0.05, 0.1) is 17.7 Å². The zero-order chi connectivity index (χ0) is 12.5. The largest absolute Gasteiger partial charge is 0.480 e. The zero-order valence-electron chi connectivity index (χ0n) is 9.24. The average molecular weight is 281 g/mol. The van der Waals surface area contributed by atoms with E-state index in [0.29, 0.717) is 12.4 Å². The van der Waals surface area contributed by atoms with Crippen LogP contribution in [0.3, 0.4) is 0 Å². The summed E-state index contributed by atoms with van der Waals surface area (Å²) in [6, 6.07) is -0.925. The fourth-order valence-electron chi connectivity index (χ4n) is 2.00. The van der Waals surface area contributed by atoms with E-state index in [2.05, 4.69) is 0 Å². The van der Waals surface area contributed by atoms with Crippen molar-refractivity contribution in [1.82, 2.24) is 4.31 Å². The van der Waals surface area contributed by atoms with Crippen LogP contribution in [0, 0.1) is 0 Å². The third-order valence-corrected chi connectivity index (χ3v) is 5.97. The van der Waals surface area contributed by atoms with Crippen LogP contribution in [-0.2, 0) is 19.6 Å². The molecule has 0 aliphatic carbocycles. The van der Waals surface area contributed by atoms with Crippen molar-refractivity contribution >= 4 is 27.8 Å². The first kappa shape index (κ1) is 13.1. The molecule has 2 atom stereocenters. The summed E-state index contributed by atoms with van der Waals surface area (Å²) < 4.78 is 30.5. The Hall–Kier alpha value is -0.310. The highest BCUT2D eigenvalue weighted by atomic mass is 32.2. The summed E-state index contributed by atoms with van der Waals surface area (Å²) in [6.07, 6.45) is 1.33. The molecule has 0 aromatic carbocycles. The summed E-state index contributed by atoms with van der Waals surface area (Å²) in [4.78, 5) is 10.9. The quantitative estimate of drug-likeness (QED) is 0.778. The molecule has 0 aromatic heterocycles. The van der Waals surface area contributed by atoms with E-state index in [0.717, 1.165) is 17.1 Å². The summed E-state index contributed by atoms with van der Waals surface area (Å²) in [6.45, 7) is 0.595. The number of carbonyl (C=O) groups is 1. The number of sulfonamides is 1. The minimum atomic E-state index is -3.53. The van der Waals surface area contributed by atoms with E-state index in [1.54, 1.807) is 0 Å². The van der Waals surface area contributed by atoms with Crippen LogP contribution in [0.25, 0.3) is 0 Å². The van der Waals surface area contributed by atoms with Crippen LogP contribution in [0.5, 0.6) is 0 Å². The van der Waals surface area contributed by atoms with Crippen LogP contribution in [0.15, 0.2) is 0 Å². The molecule has 2 saturated heterocycles. The lowest BCUT2D eigenvalue weighted by molar-refractivity contribution is -0.140. The monoisotopic (exact) mass is 281 g/mol. The Morgan fingerprint density at radius 2 is 2.29 bits per heavy atom. The minimum absolute atomic E-state index is 0.0999. The number of hydrogen-bond donors (Lipinski definition) is 1. The fourth-order valence-corrected chi connectivity index (χ4v) is 5.45. The van der Waals surface area contributed by atoms with Crippen molar-refractivity contribution in [2.24, 2.45) is 0 Å². The van der Waals surface area contributed by atoms with Gasteiger partial charge in [0.15, 0.2) is 0 Å². The molecule has 98 valence electrons. The van der Waals surface area contributed by atoms with Crippen LogP contribution in [0.4, 0.5) is 0 Å². The van der Waals surface area contributed by atoms with Gasteiger partial charge in [0, 0.05) is 12.4 Å². The van der Waals surface area contributed by atoms with Gasteiger partial charge >= 0.3 is 5.97 Å². The molecule has 1 N–H and O–H groups in total. The van der Waals surface area contributed by atoms with E-state index < -0.39 is 22.0 Å². The molecule has 0 aromatic rings. The Balaban J connectivity index is 2.06. The number of hydrogen-bond acceptors (Lipinski definition) is 5. The Morgan fingerprint density at radius 1 is 1.53 bits per heavy atom. The maximum atomic E-state index is 12.1. The Labute approximate surface area is 104 Å². The molecule has 2 aliphatic rings. The molecule has 1 unspecified atom stereocenters. The van der Waals surface area contributed by atoms with Gasteiger partial charge in [0.2, 0.25) is 10.0 Å². The molecule has 17 heavy (non-hydrogen) atoms. The smallest absolute Gasteiger partial charge is 0.322 e. The summed E-state index contributed by atoms with van der Waals surface area (Å²) in [5, 5.41) is 8.96. The lowest BCUT2D eigenvalue weighted by atomic mass is 10.3. The van der Waals surface area contributed by atoms with Crippen molar-refractivity contribution in [2.45, 2.75) is 25.0 Å². The Morgan fingerprint density at radius 3 is 2.88 bits per heavy atom. The predicted molar refractivity (Wildman–Crippen MR) is 63.3 cm³/mol. The maximum absolute atomic E-state index is 12.1. The molecular weight excluding hydrogens is 266 g/mol. The van der Waals surface area contributed by atoms with E-state index in [9.17, 15) is 13.2 Å². The summed E-state index contributed by atoms with van der Waals surface area (Å²) in [5.74, 6) is -0.630. The minimum Gasteiger partial charge on any atom is -0.480 e. The Kier molecular flexibility index (Phi) is 3.96. The molecule has 0 radical (unpaired) electrons. The number of carboxylic acids is 1. The molecule has 2 heterocycles. The van der Waals surface area contributed by atoms with Crippen molar-refractivity contribution in [3.8, 4) is 0 Å². The van der Waals surface area contributed by atoms with Crippen LogP contribution in [0.2, 0.25) is 0 Å². The summed E-state index contributed by atoms with van der Waals surface area (Å²) in [5.41, 5.74) is 0. The van der Waals surface area contributed by atoms with Gasteiger partial charge in [-0.3, -0.25) is 4.79 Å². The molecule has 8 heteroatoms. The highest BCUT2D eigenvalue weighted by Gasteiger charge is 2.40. The lowest BCUT2D eigenvalue weighted by Gasteiger charge is -2.21. The van der Waals surface area contributed by atoms with Gasteiger partial charge < -0.3 is 9.84 Å².